The van der Waals surface area contributed by atoms with E-state index in [4.69, 9.17) is 10.6 Å². The van der Waals surface area contributed by atoms with Gasteiger partial charge in [-0.25, -0.2) is 10.2 Å². The molecule has 0 aliphatic heterocycles. The Morgan fingerprint density at radius 2 is 2.14 bits per heavy atom. The number of nitrogens with two attached hydrogens (primary N) is 1. The number of hydrogen-bond acceptors (Lipinski definition) is 3. The van der Waals surface area contributed by atoms with Gasteiger partial charge in [0.05, 0.1) is 6.54 Å². The fourth-order valence-corrected chi connectivity index (χ4v) is 0.898. The van der Waals surface area contributed by atoms with Crippen LogP contribution in [-0.2, 0) is 0 Å². The maximum absolute atomic E-state index is 10.5. The molecule has 0 saturated heterocycles. The SMILES string of the molecule is CCN(NC(N)=O)Oc1ccccc1. The van der Waals surface area contributed by atoms with Crippen molar-refractivity contribution in [3.05, 3.63) is 30.3 Å². The lowest BCUT2D eigenvalue weighted by Crippen LogP contribution is -2.46. The molecule has 0 saturated carbocycles. The Balaban J connectivity index is 2.53. The fourth-order valence-electron chi connectivity index (χ4n) is 0.898. The third kappa shape index (κ3) is 3.32. The van der Waals surface area contributed by atoms with E-state index < -0.39 is 6.03 Å². The molecule has 1 aromatic carbocycles. The van der Waals surface area contributed by atoms with E-state index in [1.165, 1.54) is 5.17 Å². The molecule has 0 heterocycles. The monoisotopic (exact) mass is 195 g/mol. The minimum absolute atomic E-state index is 0.498. The number of nitrogens with zero attached hydrogens (tertiary/aromatic N) is 1. The maximum Gasteiger partial charge on any atom is 0.329 e. The van der Waals surface area contributed by atoms with Crippen LogP contribution in [-0.4, -0.2) is 17.7 Å². The first-order valence-corrected chi connectivity index (χ1v) is 4.29. The van der Waals surface area contributed by atoms with Gasteiger partial charge in [-0.15, -0.1) is 0 Å². The third-order valence-electron chi connectivity index (χ3n) is 1.48. The number of carbonyl (C=O) groups excluding carboxylic acids is 1. The molecule has 0 aliphatic carbocycles. The van der Waals surface area contributed by atoms with Crippen LogP contribution >= 0.6 is 0 Å². The highest BCUT2D eigenvalue weighted by Gasteiger charge is 2.04. The van der Waals surface area contributed by atoms with Crippen molar-refractivity contribution < 1.29 is 9.63 Å². The largest absolute Gasteiger partial charge is 0.386 e. The highest BCUT2D eigenvalue weighted by molar-refractivity contribution is 5.70. The molecule has 0 unspecified atom stereocenters. The molecule has 14 heavy (non-hydrogen) atoms. The Morgan fingerprint density at radius 3 is 2.64 bits per heavy atom. The number of primary amides is 1. The van der Waals surface area contributed by atoms with Crippen molar-refractivity contribution >= 4 is 6.03 Å². The minimum Gasteiger partial charge on any atom is -0.386 e. The van der Waals surface area contributed by atoms with E-state index >= 15 is 0 Å². The molecule has 0 aromatic heterocycles. The van der Waals surface area contributed by atoms with Gasteiger partial charge in [0.1, 0.15) is 5.75 Å². The Bertz CT molecular complexity index is 289. The highest BCUT2D eigenvalue weighted by Crippen LogP contribution is 2.08. The number of para-hydroxylation sites is 1. The summed E-state index contributed by atoms with van der Waals surface area (Å²) in [6.45, 7) is 2.33. The molecule has 5 heteroatoms. The van der Waals surface area contributed by atoms with Gasteiger partial charge in [0.25, 0.3) is 0 Å². The second-order valence-corrected chi connectivity index (χ2v) is 2.58. The Labute approximate surface area is 82.4 Å². The third-order valence-corrected chi connectivity index (χ3v) is 1.48. The van der Waals surface area contributed by atoms with E-state index in [1.54, 1.807) is 12.1 Å². The number of hydroxylamine groups is 1. The fraction of sp³-hybridized carbons (Fsp3) is 0.222. The van der Waals surface area contributed by atoms with Crippen molar-refractivity contribution in [1.82, 2.24) is 10.6 Å². The number of rotatable bonds is 4. The van der Waals surface area contributed by atoms with Gasteiger partial charge in [-0.3, -0.25) is 0 Å². The van der Waals surface area contributed by atoms with E-state index in [9.17, 15) is 4.79 Å². The van der Waals surface area contributed by atoms with Crippen LogP contribution in [0.2, 0.25) is 0 Å². The molecule has 0 fully saturated rings. The van der Waals surface area contributed by atoms with Gasteiger partial charge in [0, 0.05) is 0 Å². The highest BCUT2D eigenvalue weighted by atomic mass is 16.7. The summed E-state index contributed by atoms with van der Waals surface area (Å²) in [5.41, 5.74) is 7.28. The van der Waals surface area contributed by atoms with Gasteiger partial charge in [0.15, 0.2) is 0 Å². The van der Waals surface area contributed by atoms with E-state index in [0.29, 0.717) is 12.3 Å². The summed E-state index contributed by atoms with van der Waals surface area (Å²) in [6, 6.07) is 8.48. The Hall–Kier alpha value is -1.75. The van der Waals surface area contributed by atoms with Crippen molar-refractivity contribution in [3.8, 4) is 5.75 Å². The summed E-state index contributed by atoms with van der Waals surface area (Å²) in [5.74, 6) is 0.642. The van der Waals surface area contributed by atoms with Gasteiger partial charge >= 0.3 is 6.03 Å². The van der Waals surface area contributed by atoms with Crippen molar-refractivity contribution in [3.63, 3.8) is 0 Å². The van der Waals surface area contributed by atoms with Crippen molar-refractivity contribution in [2.75, 3.05) is 6.54 Å². The van der Waals surface area contributed by atoms with Crippen molar-refractivity contribution in [1.29, 1.82) is 0 Å². The Morgan fingerprint density at radius 1 is 1.50 bits per heavy atom. The molecule has 0 bridgehead atoms. The molecule has 0 spiro atoms. The summed E-state index contributed by atoms with van der Waals surface area (Å²) in [5, 5.41) is 1.26. The predicted octanol–water partition coefficient (Wildman–Crippen LogP) is 0.886. The van der Waals surface area contributed by atoms with Crippen LogP contribution in [0.5, 0.6) is 5.75 Å². The van der Waals surface area contributed by atoms with Gasteiger partial charge in [0.2, 0.25) is 0 Å². The molecule has 5 nitrogen and oxygen atoms in total. The van der Waals surface area contributed by atoms with Gasteiger partial charge in [-0.1, -0.05) is 23.4 Å². The molecular formula is C9H13N3O2. The number of benzene rings is 1. The molecule has 2 amide bonds. The second-order valence-electron chi connectivity index (χ2n) is 2.58. The quantitative estimate of drug-likeness (QED) is 0.701. The van der Waals surface area contributed by atoms with Gasteiger partial charge < -0.3 is 10.6 Å². The van der Waals surface area contributed by atoms with Gasteiger partial charge in [-0.05, 0) is 19.1 Å². The summed E-state index contributed by atoms with van der Waals surface area (Å²) < 4.78 is 0. The molecule has 0 aliphatic rings. The molecule has 76 valence electrons. The first-order chi connectivity index (χ1) is 6.72. The van der Waals surface area contributed by atoms with E-state index in [1.807, 2.05) is 25.1 Å². The summed E-state index contributed by atoms with van der Waals surface area (Å²) >= 11 is 0. The minimum atomic E-state index is -0.650. The first kappa shape index (κ1) is 10.3. The van der Waals surface area contributed by atoms with E-state index in [2.05, 4.69) is 5.43 Å². The topological polar surface area (TPSA) is 67.6 Å². The number of nitrogens with one attached hydrogen (secondary N) is 1. The lowest BCUT2D eigenvalue weighted by Gasteiger charge is -2.19. The van der Waals surface area contributed by atoms with E-state index in [-0.39, 0.29) is 0 Å². The Kier molecular flexibility index (Phi) is 3.75. The zero-order valence-corrected chi connectivity index (χ0v) is 7.93. The first-order valence-electron chi connectivity index (χ1n) is 4.29. The van der Waals surface area contributed by atoms with Crippen LogP contribution in [0.4, 0.5) is 4.79 Å². The molecular weight excluding hydrogens is 182 g/mol. The lowest BCUT2D eigenvalue weighted by atomic mass is 10.3. The number of hydrazine groups is 1. The van der Waals surface area contributed by atoms with Crippen LogP contribution < -0.4 is 16.0 Å². The summed E-state index contributed by atoms with van der Waals surface area (Å²) in [4.78, 5) is 15.8. The zero-order chi connectivity index (χ0) is 10.4. The molecule has 1 aromatic rings. The van der Waals surface area contributed by atoms with Crippen molar-refractivity contribution in [2.24, 2.45) is 5.73 Å². The molecule has 3 N–H and O–H groups in total. The summed E-state index contributed by atoms with van der Waals surface area (Å²) in [6.07, 6.45) is 0. The normalized spacial score (nSPS) is 9.86. The van der Waals surface area contributed by atoms with Crippen LogP contribution in [0.25, 0.3) is 0 Å². The number of urea groups is 1. The summed E-state index contributed by atoms with van der Waals surface area (Å²) in [7, 11) is 0. The number of amides is 2. The van der Waals surface area contributed by atoms with Crippen LogP contribution in [0.1, 0.15) is 6.92 Å². The van der Waals surface area contributed by atoms with Crippen molar-refractivity contribution in [2.45, 2.75) is 6.92 Å². The predicted molar refractivity (Wildman–Crippen MR) is 52.2 cm³/mol. The van der Waals surface area contributed by atoms with Crippen LogP contribution in [0.15, 0.2) is 30.3 Å². The zero-order valence-electron chi connectivity index (χ0n) is 7.93. The second kappa shape index (κ2) is 5.08. The van der Waals surface area contributed by atoms with Crippen LogP contribution in [0.3, 0.4) is 0 Å². The molecule has 1 rings (SSSR count). The molecule has 0 radical (unpaired) electrons. The standard InChI is InChI=1S/C9H13N3O2/c1-2-12(11-9(10)13)14-8-6-4-3-5-7-8/h3-7H,2H2,1H3,(H3,10,11,13). The number of hydrogen-bond donors (Lipinski definition) is 2. The lowest BCUT2D eigenvalue weighted by molar-refractivity contribution is -0.0861. The number of carbonyl (C=O) groups is 1. The molecule has 0 atom stereocenters. The van der Waals surface area contributed by atoms with Gasteiger partial charge in [-0.2, -0.15) is 0 Å². The average Bonchev–Trinajstić information content (AvgIpc) is 2.17. The van der Waals surface area contributed by atoms with Crippen LogP contribution in [0, 0.1) is 0 Å². The average molecular weight is 195 g/mol. The van der Waals surface area contributed by atoms with E-state index in [0.717, 1.165) is 0 Å². The maximum atomic E-state index is 10.5. The smallest absolute Gasteiger partial charge is 0.329 e.